The monoisotopic (exact) mass is 335 g/mol. The summed E-state index contributed by atoms with van der Waals surface area (Å²) in [5.74, 6) is 0. The smallest absolute Gasteiger partial charge is 0.273 e. The van der Waals surface area contributed by atoms with Crippen LogP contribution in [0.4, 0.5) is 5.69 Å². The van der Waals surface area contributed by atoms with E-state index in [1.165, 1.54) is 6.07 Å². The highest BCUT2D eigenvalue weighted by atomic mass is 79.9. The number of nitro groups is 1. The lowest BCUT2D eigenvalue weighted by Crippen LogP contribution is -2.01. The number of hydrogen-bond donors (Lipinski definition) is 1. The van der Waals surface area contributed by atoms with Crippen LogP contribution < -0.4 is 0 Å². The van der Waals surface area contributed by atoms with Crippen LogP contribution in [0, 0.1) is 10.1 Å². The Balaban J connectivity index is 2.09. The molecule has 0 saturated heterocycles. The molecular weight excluding hydrogens is 322 g/mol. The Morgan fingerprint density at radius 1 is 1.20 bits per heavy atom. The van der Waals surface area contributed by atoms with E-state index in [2.05, 4.69) is 15.9 Å². The first-order chi connectivity index (χ1) is 9.58. The van der Waals surface area contributed by atoms with Crippen LogP contribution in [0.5, 0.6) is 0 Å². The van der Waals surface area contributed by atoms with Crippen molar-refractivity contribution in [3.8, 4) is 0 Å². The van der Waals surface area contributed by atoms with Gasteiger partial charge in [-0.1, -0.05) is 52.3 Å². The Hall–Kier alpha value is -1.72. The van der Waals surface area contributed by atoms with Gasteiger partial charge in [-0.05, 0) is 24.5 Å². The van der Waals surface area contributed by atoms with Crippen LogP contribution in [-0.2, 0) is 6.42 Å². The van der Waals surface area contributed by atoms with Crippen molar-refractivity contribution in [2.24, 2.45) is 0 Å². The molecule has 1 N–H and O–H groups in total. The molecule has 20 heavy (non-hydrogen) atoms. The number of aliphatic hydroxyl groups is 1. The zero-order chi connectivity index (χ0) is 14.5. The molecule has 4 nitrogen and oxygen atoms in total. The standard InChI is InChI=1S/C15H14BrNO3/c16-13-8-6-11(14(10-13)17(19)20)7-9-15(18)12-4-2-1-3-5-12/h1-6,8,10,15,18H,7,9H2. The first-order valence-corrected chi connectivity index (χ1v) is 7.03. The Bertz CT molecular complexity index is 601. The van der Waals surface area contributed by atoms with Crippen molar-refractivity contribution in [3.63, 3.8) is 0 Å². The number of nitro benzene ring substituents is 1. The van der Waals surface area contributed by atoms with Crippen molar-refractivity contribution in [1.29, 1.82) is 0 Å². The van der Waals surface area contributed by atoms with Crippen LogP contribution in [0.15, 0.2) is 53.0 Å². The summed E-state index contributed by atoms with van der Waals surface area (Å²) in [6, 6.07) is 14.3. The fourth-order valence-electron chi connectivity index (χ4n) is 2.05. The van der Waals surface area contributed by atoms with Crippen molar-refractivity contribution >= 4 is 21.6 Å². The zero-order valence-electron chi connectivity index (χ0n) is 10.7. The van der Waals surface area contributed by atoms with E-state index >= 15 is 0 Å². The Morgan fingerprint density at radius 2 is 1.90 bits per heavy atom. The van der Waals surface area contributed by atoms with E-state index in [0.29, 0.717) is 22.9 Å². The molecule has 0 aliphatic rings. The van der Waals surface area contributed by atoms with E-state index in [9.17, 15) is 15.2 Å². The predicted octanol–water partition coefficient (Wildman–Crippen LogP) is 4.02. The SMILES string of the molecule is O=[N+]([O-])c1cc(Br)ccc1CCC(O)c1ccccc1. The van der Waals surface area contributed by atoms with E-state index < -0.39 is 11.0 Å². The summed E-state index contributed by atoms with van der Waals surface area (Å²) >= 11 is 3.23. The maximum absolute atomic E-state index is 11.0. The Kier molecular flexibility index (Phi) is 4.87. The second-order valence-electron chi connectivity index (χ2n) is 4.50. The van der Waals surface area contributed by atoms with Crippen molar-refractivity contribution in [1.82, 2.24) is 0 Å². The van der Waals surface area contributed by atoms with Gasteiger partial charge in [0.2, 0.25) is 0 Å². The molecule has 0 fully saturated rings. The van der Waals surface area contributed by atoms with Gasteiger partial charge in [-0.3, -0.25) is 10.1 Å². The lowest BCUT2D eigenvalue weighted by atomic mass is 10.0. The van der Waals surface area contributed by atoms with Crippen LogP contribution in [0.3, 0.4) is 0 Å². The van der Waals surface area contributed by atoms with Crippen LogP contribution in [0.2, 0.25) is 0 Å². The number of rotatable bonds is 5. The first-order valence-electron chi connectivity index (χ1n) is 6.24. The van der Waals surface area contributed by atoms with E-state index in [0.717, 1.165) is 5.56 Å². The van der Waals surface area contributed by atoms with Crippen LogP contribution in [0.1, 0.15) is 23.7 Å². The first kappa shape index (κ1) is 14.7. The fraction of sp³-hybridized carbons (Fsp3) is 0.200. The largest absolute Gasteiger partial charge is 0.388 e. The minimum absolute atomic E-state index is 0.0830. The normalized spacial score (nSPS) is 12.1. The molecule has 0 aromatic heterocycles. The number of hydrogen-bond acceptors (Lipinski definition) is 3. The molecule has 0 spiro atoms. The number of aryl methyl sites for hydroxylation is 1. The number of nitrogens with zero attached hydrogens (tertiary/aromatic N) is 1. The zero-order valence-corrected chi connectivity index (χ0v) is 12.3. The minimum Gasteiger partial charge on any atom is -0.388 e. The molecule has 104 valence electrons. The van der Waals surface area contributed by atoms with Gasteiger partial charge in [-0.25, -0.2) is 0 Å². The van der Waals surface area contributed by atoms with Crippen molar-refractivity contribution in [2.45, 2.75) is 18.9 Å². The summed E-state index contributed by atoms with van der Waals surface area (Å²) < 4.78 is 0.677. The van der Waals surface area contributed by atoms with E-state index in [-0.39, 0.29) is 5.69 Å². The number of benzene rings is 2. The van der Waals surface area contributed by atoms with Gasteiger partial charge in [0.05, 0.1) is 11.0 Å². The Labute approximate surface area is 125 Å². The molecule has 0 bridgehead atoms. The van der Waals surface area contributed by atoms with Crippen LogP contribution in [0.25, 0.3) is 0 Å². The molecule has 5 heteroatoms. The number of halogens is 1. The molecule has 0 radical (unpaired) electrons. The summed E-state index contributed by atoms with van der Waals surface area (Å²) in [7, 11) is 0. The second kappa shape index (κ2) is 6.63. The molecule has 0 aliphatic heterocycles. The fourth-order valence-corrected chi connectivity index (χ4v) is 2.40. The topological polar surface area (TPSA) is 63.4 Å². The molecule has 1 atom stereocenters. The average molecular weight is 336 g/mol. The lowest BCUT2D eigenvalue weighted by Gasteiger charge is -2.11. The van der Waals surface area contributed by atoms with Crippen LogP contribution >= 0.6 is 15.9 Å². The van der Waals surface area contributed by atoms with Gasteiger partial charge in [0.1, 0.15) is 0 Å². The predicted molar refractivity (Wildman–Crippen MR) is 80.5 cm³/mol. The van der Waals surface area contributed by atoms with Crippen molar-refractivity contribution in [3.05, 3.63) is 74.2 Å². The molecule has 2 rings (SSSR count). The highest BCUT2D eigenvalue weighted by Gasteiger charge is 2.16. The van der Waals surface area contributed by atoms with Gasteiger partial charge in [-0.15, -0.1) is 0 Å². The van der Waals surface area contributed by atoms with Crippen LogP contribution in [-0.4, -0.2) is 10.0 Å². The highest BCUT2D eigenvalue weighted by molar-refractivity contribution is 9.10. The molecule has 2 aromatic rings. The van der Waals surface area contributed by atoms with E-state index in [1.807, 2.05) is 30.3 Å². The van der Waals surface area contributed by atoms with Crippen molar-refractivity contribution < 1.29 is 10.0 Å². The third-order valence-corrected chi connectivity index (χ3v) is 3.61. The molecule has 1 unspecified atom stereocenters. The summed E-state index contributed by atoms with van der Waals surface area (Å²) in [6.07, 6.45) is 0.297. The van der Waals surface area contributed by atoms with Gasteiger partial charge in [-0.2, -0.15) is 0 Å². The summed E-state index contributed by atoms with van der Waals surface area (Å²) in [4.78, 5) is 10.6. The quantitative estimate of drug-likeness (QED) is 0.662. The van der Waals surface area contributed by atoms with E-state index in [4.69, 9.17) is 0 Å². The molecule has 0 aliphatic carbocycles. The van der Waals surface area contributed by atoms with Gasteiger partial charge in [0, 0.05) is 16.1 Å². The number of aliphatic hydroxyl groups excluding tert-OH is 1. The van der Waals surface area contributed by atoms with Gasteiger partial charge in [0.15, 0.2) is 0 Å². The van der Waals surface area contributed by atoms with Gasteiger partial charge in [0.25, 0.3) is 5.69 Å². The third-order valence-electron chi connectivity index (χ3n) is 3.12. The third kappa shape index (κ3) is 3.65. The maximum atomic E-state index is 11.0. The highest BCUT2D eigenvalue weighted by Crippen LogP contribution is 2.27. The minimum atomic E-state index is -0.612. The summed E-state index contributed by atoms with van der Waals surface area (Å²) in [5, 5.41) is 21.1. The average Bonchev–Trinajstić information content (AvgIpc) is 2.46. The van der Waals surface area contributed by atoms with E-state index in [1.54, 1.807) is 12.1 Å². The molecule has 0 amide bonds. The second-order valence-corrected chi connectivity index (χ2v) is 5.41. The Morgan fingerprint density at radius 3 is 2.55 bits per heavy atom. The molecule has 0 saturated carbocycles. The van der Waals surface area contributed by atoms with Gasteiger partial charge >= 0.3 is 0 Å². The summed E-state index contributed by atoms with van der Waals surface area (Å²) in [6.45, 7) is 0. The molecule has 0 heterocycles. The summed E-state index contributed by atoms with van der Waals surface area (Å²) in [5.41, 5.74) is 1.54. The van der Waals surface area contributed by atoms with Gasteiger partial charge < -0.3 is 5.11 Å². The lowest BCUT2D eigenvalue weighted by molar-refractivity contribution is -0.385. The molecular formula is C15H14BrNO3. The maximum Gasteiger partial charge on any atom is 0.273 e. The molecule has 2 aromatic carbocycles. The van der Waals surface area contributed by atoms with Crippen molar-refractivity contribution in [2.75, 3.05) is 0 Å².